The Bertz CT molecular complexity index is 382. The summed E-state index contributed by atoms with van der Waals surface area (Å²) in [6, 6.07) is 0. The van der Waals surface area contributed by atoms with Crippen molar-refractivity contribution in [1.82, 2.24) is 9.55 Å². The Hall–Kier alpha value is -1.16. The number of ether oxygens (including phenoxy) is 1. The molecule has 1 aliphatic heterocycles. The standard InChI is InChI=1S/C12H18N2O2/c1-12(2)9-14-6-5-13-11(14)8-16-7-3-4-10(12)15/h5-6H,3-4,7-9H2,1-2H3. The molecule has 0 aliphatic carbocycles. The number of hydrogen-bond donors (Lipinski definition) is 0. The van der Waals surface area contributed by atoms with Crippen LogP contribution in [0.2, 0.25) is 0 Å². The first-order chi connectivity index (χ1) is 7.59. The largest absolute Gasteiger partial charge is 0.374 e. The molecular weight excluding hydrogens is 204 g/mol. The van der Waals surface area contributed by atoms with Crippen LogP contribution in [0.1, 0.15) is 32.5 Å². The summed E-state index contributed by atoms with van der Waals surface area (Å²) in [4.78, 5) is 16.2. The van der Waals surface area contributed by atoms with Gasteiger partial charge in [-0.3, -0.25) is 4.79 Å². The summed E-state index contributed by atoms with van der Waals surface area (Å²) in [5.74, 6) is 1.21. The lowest BCUT2D eigenvalue weighted by Crippen LogP contribution is -2.31. The number of fused-ring (bicyclic) bond motifs is 1. The van der Waals surface area contributed by atoms with Gasteiger partial charge in [0.1, 0.15) is 18.2 Å². The van der Waals surface area contributed by atoms with E-state index >= 15 is 0 Å². The molecule has 0 amide bonds. The second kappa shape index (κ2) is 4.37. The van der Waals surface area contributed by atoms with Gasteiger partial charge in [-0.05, 0) is 6.42 Å². The molecule has 0 fully saturated rings. The van der Waals surface area contributed by atoms with Crippen molar-refractivity contribution < 1.29 is 9.53 Å². The van der Waals surface area contributed by atoms with Crippen LogP contribution in [0.15, 0.2) is 12.4 Å². The van der Waals surface area contributed by atoms with E-state index in [2.05, 4.69) is 4.98 Å². The van der Waals surface area contributed by atoms with Crippen LogP contribution in [-0.2, 0) is 22.7 Å². The average molecular weight is 222 g/mol. The van der Waals surface area contributed by atoms with Crippen LogP contribution in [0.4, 0.5) is 0 Å². The van der Waals surface area contributed by atoms with Gasteiger partial charge in [0, 0.05) is 37.4 Å². The van der Waals surface area contributed by atoms with Crippen LogP contribution in [0, 0.1) is 5.41 Å². The topological polar surface area (TPSA) is 44.1 Å². The smallest absolute Gasteiger partial charge is 0.140 e. The van der Waals surface area contributed by atoms with Crippen LogP contribution < -0.4 is 0 Å². The zero-order chi connectivity index (χ0) is 11.6. The fourth-order valence-electron chi connectivity index (χ4n) is 1.97. The fraction of sp³-hybridized carbons (Fsp3) is 0.667. The molecule has 0 spiro atoms. The molecule has 0 bridgehead atoms. The van der Waals surface area contributed by atoms with Crippen molar-refractivity contribution in [2.75, 3.05) is 6.61 Å². The molecule has 2 rings (SSSR count). The van der Waals surface area contributed by atoms with E-state index in [0.717, 1.165) is 12.2 Å². The third-order valence-corrected chi connectivity index (χ3v) is 3.05. The molecule has 0 unspecified atom stereocenters. The van der Waals surface area contributed by atoms with Gasteiger partial charge < -0.3 is 9.30 Å². The molecule has 2 heterocycles. The summed E-state index contributed by atoms with van der Waals surface area (Å²) in [6.07, 6.45) is 5.09. The number of Topliss-reactive ketones (excluding diaryl/α,β-unsaturated/α-hetero) is 1. The number of imidazole rings is 1. The Morgan fingerprint density at radius 1 is 1.50 bits per heavy atom. The zero-order valence-corrected chi connectivity index (χ0v) is 9.90. The highest BCUT2D eigenvalue weighted by atomic mass is 16.5. The first kappa shape index (κ1) is 11.3. The Labute approximate surface area is 95.6 Å². The first-order valence-corrected chi connectivity index (χ1v) is 5.71. The lowest BCUT2D eigenvalue weighted by atomic mass is 9.85. The number of carbonyl (C=O) groups excluding carboxylic acids is 1. The van der Waals surface area contributed by atoms with Gasteiger partial charge >= 0.3 is 0 Å². The summed E-state index contributed by atoms with van der Waals surface area (Å²) >= 11 is 0. The summed E-state index contributed by atoms with van der Waals surface area (Å²) in [7, 11) is 0. The highest BCUT2D eigenvalue weighted by molar-refractivity contribution is 5.83. The minimum atomic E-state index is -0.313. The van der Waals surface area contributed by atoms with E-state index < -0.39 is 0 Å². The van der Waals surface area contributed by atoms with Crippen molar-refractivity contribution in [3.63, 3.8) is 0 Å². The van der Waals surface area contributed by atoms with E-state index in [1.807, 2.05) is 24.6 Å². The highest BCUT2D eigenvalue weighted by Crippen LogP contribution is 2.23. The van der Waals surface area contributed by atoms with E-state index in [1.54, 1.807) is 6.20 Å². The third kappa shape index (κ3) is 2.32. The Morgan fingerprint density at radius 2 is 2.31 bits per heavy atom. The molecule has 16 heavy (non-hydrogen) atoms. The second-order valence-electron chi connectivity index (χ2n) is 4.93. The lowest BCUT2D eigenvalue weighted by molar-refractivity contribution is -0.128. The predicted octanol–water partition coefficient (Wildman–Crippen LogP) is 1.79. The maximum atomic E-state index is 12.0. The van der Waals surface area contributed by atoms with E-state index in [4.69, 9.17) is 4.74 Å². The molecule has 88 valence electrons. The van der Waals surface area contributed by atoms with Crippen molar-refractivity contribution in [3.05, 3.63) is 18.2 Å². The van der Waals surface area contributed by atoms with E-state index in [0.29, 0.717) is 32.0 Å². The summed E-state index contributed by atoms with van der Waals surface area (Å²) in [5.41, 5.74) is -0.313. The number of rotatable bonds is 0. The predicted molar refractivity (Wildman–Crippen MR) is 59.9 cm³/mol. The van der Waals surface area contributed by atoms with Gasteiger partial charge in [-0.1, -0.05) is 13.8 Å². The van der Waals surface area contributed by atoms with Gasteiger partial charge in [0.2, 0.25) is 0 Å². The molecule has 1 aromatic rings. The van der Waals surface area contributed by atoms with Crippen molar-refractivity contribution in [2.24, 2.45) is 5.41 Å². The Balaban J connectivity index is 2.25. The minimum Gasteiger partial charge on any atom is -0.374 e. The number of aromatic nitrogens is 2. The maximum absolute atomic E-state index is 12.0. The number of ketones is 1. The summed E-state index contributed by atoms with van der Waals surface area (Å²) in [5, 5.41) is 0. The zero-order valence-electron chi connectivity index (χ0n) is 9.90. The Morgan fingerprint density at radius 3 is 3.12 bits per heavy atom. The SMILES string of the molecule is CC1(C)Cn2ccnc2COCCCC1=O. The molecule has 0 N–H and O–H groups in total. The van der Waals surface area contributed by atoms with Gasteiger partial charge in [-0.15, -0.1) is 0 Å². The molecule has 4 heteroatoms. The molecular formula is C12H18N2O2. The molecule has 1 aromatic heterocycles. The number of carbonyl (C=O) groups is 1. The average Bonchev–Trinajstić information content (AvgIpc) is 2.63. The first-order valence-electron chi connectivity index (χ1n) is 5.71. The number of nitrogens with zero attached hydrogens (tertiary/aromatic N) is 2. The van der Waals surface area contributed by atoms with Crippen molar-refractivity contribution in [1.29, 1.82) is 0 Å². The summed E-state index contributed by atoms with van der Waals surface area (Å²) < 4.78 is 7.49. The van der Waals surface area contributed by atoms with Gasteiger partial charge in [0.25, 0.3) is 0 Å². The molecule has 0 saturated carbocycles. The molecule has 1 aliphatic rings. The van der Waals surface area contributed by atoms with E-state index in [9.17, 15) is 4.79 Å². The van der Waals surface area contributed by atoms with Crippen LogP contribution in [-0.4, -0.2) is 21.9 Å². The third-order valence-electron chi connectivity index (χ3n) is 3.05. The van der Waals surface area contributed by atoms with Crippen LogP contribution >= 0.6 is 0 Å². The summed E-state index contributed by atoms with van der Waals surface area (Å²) in [6.45, 7) is 5.86. The second-order valence-corrected chi connectivity index (χ2v) is 4.93. The maximum Gasteiger partial charge on any atom is 0.140 e. The van der Waals surface area contributed by atoms with Crippen LogP contribution in [0.3, 0.4) is 0 Å². The van der Waals surface area contributed by atoms with Crippen molar-refractivity contribution in [2.45, 2.75) is 39.8 Å². The van der Waals surface area contributed by atoms with Crippen molar-refractivity contribution >= 4 is 5.78 Å². The minimum absolute atomic E-state index is 0.303. The molecule has 0 saturated heterocycles. The van der Waals surface area contributed by atoms with E-state index in [1.165, 1.54) is 0 Å². The molecule has 4 nitrogen and oxygen atoms in total. The Kier molecular flexibility index (Phi) is 3.10. The van der Waals surface area contributed by atoms with E-state index in [-0.39, 0.29) is 5.41 Å². The van der Waals surface area contributed by atoms with Crippen LogP contribution in [0.5, 0.6) is 0 Å². The lowest BCUT2D eigenvalue weighted by Gasteiger charge is -2.25. The monoisotopic (exact) mass is 222 g/mol. The quantitative estimate of drug-likeness (QED) is 0.672. The molecule has 0 aromatic carbocycles. The fourth-order valence-corrected chi connectivity index (χ4v) is 1.97. The normalized spacial score (nSPS) is 21.5. The highest BCUT2D eigenvalue weighted by Gasteiger charge is 2.28. The van der Waals surface area contributed by atoms with Gasteiger partial charge in [0.05, 0.1) is 0 Å². The van der Waals surface area contributed by atoms with Crippen molar-refractivity contribution in [3.8, 4) is 0 Å². The molecule has 0 atom stereocenters. The molecule has 0 radical (unpaired) electrons. The van der Waals surface area contributed by atoms with Crippen LogP contribution in [0.25, 0.3) is 0 Å². The van der Waals surface area contributed by atoms with Gasteiger partial charge in [0.15, 0.2) is 0 Å². The van der Waals surface area contributed by atoms with Gasteiger partial charge in [-0.25, -0.2) is 4.98 Å². The van der Waals surface area contributed by atoms with Gasteiger partial charge in [-0.2, -0.15) is 0 Å². The number of hydrogen-bond acceptors (Lipinski definition) is 3.